The van der Waals surface area contributed by atoms with Crippen LogP contribution in [0.2, 0.25) is 5.02 Å². The van der Waals surface area contributed by atoms with Gasteiger partial charge < -0.3 is 14.6 Å². The van der Waals surface area contributed by atoms with Gasteiger partial charge in [-0.25, -0.2) is 4.79 Å². The summed E-state index contributed by atoms with van der Waals surface area (Å²) in [5.41, 5.74) is 4.25. The normalized spacial score (nSPS) is 10.7. The molecule has 0 atom stereocenters. The standard InChI is InChI=1S/C25H27ClN2O3/c1-3-31-25(30)21-16-23(19-10-5-4-6-11-19)28(18(21)2)15-9-14-24(29)27-17-20-12-7-8-13-22(20)26/h4-8,10-13,16H,3,9,14-15,17H2,1-2H3,(H,27,29). The summed E-state index contributed by atoms with van der Waals surface area (Å²) in [4.78, 5) is 24.7. The number of benzene rings is 2. The molecule has 1 aromatic heterocycles. The van der Waals surface area contributed by atoms with E-state index in [9.17, 15) is 9.59 Å². The molecule has 3 aromatic rings. The van der Waals surface area contributed by atoms with Crippen molar-refractivity contribution >= 4 is 23.5 Å². The highest BCUT2D eigenvalue weighted by Crippen LogP contribution is 2.27. The van der Waals surface area contributed by atoms with Crippen LogP contribution in [-0.2, 0) is 22.6 Å². The summed E-state index contributed by atoms with van der Waals surface area (Å²) in [5.74, 6) is -0.356. The van der Waals surface area contributed by atoms with Crippen LogP contribution in [0.15, 0.2) is 60.7 Å². The summed E-state index contributed by atoms with van der Waals surface area (Å²) >= 11 is 6.14. The molecule has 0 saturated heterocycles. The van der Waals surface area contributed by atoms with E-state index >= 15 is 0 Å². The minimum Gasteiger partial charge on any atom is -0.462 e. The van der Waals surface area contributed by atoms with Crippen LogP contribution in [0.3, 0.4) is 0 Å². The first-order valence-electron chi connectivity index (χ1n) is 10.4. The first-order valence-corrected chi connectivity index (χ1v) is 10.8. The van der Waals surface area contributed by atoms with Gasteiger partial charge in [-0.05, 0) is 43.5 Å². The summed E-state index contributed by atoms with van der Waals surface area (Å²) in [7, 11) is 0. The molecule has 0 spiro atoms. The molecule has 3 rings (SSSR count). The zero-order valence-corrected chi connectivity index (χ0v) is 18.6. The number of amides is 1. The Balaban J connectivity index is 1.68. The molecule has 1 heterocycles. The average molecular weight is 439 g/mol. The lowest BCUT2D eigenvalue weighted by Gasteiger charge is -2.12. The molecule has 0 radical (unpaired) electrons. The molecular weight excluding hydrogens is 412 g/mol. The van der Waals surface area contributed by atoms with E-state index < -0.39 is 0 Å². The van der Waals surface area contributed by atoms with E-state index in [2.05, 4.69) is 9.88 Å². The van der Waals surface area contributed by atoms with Crippen LogP contribution < -0.4 is 5.32 Å². The number of carbonyl (C=O) groups is 2. The smallest absolute Gasteiger partial charge is 0.339 e. The van der Waals surface area contributed by atoms with Crippen molar-refractivity contribution < 1.29 is 14.3 Å². The lowest BCUT2D eigenvalue weighted by Crippen LogP contribution is -2.23. The Bertz CT molecular complexity index is 1040. The van der Waals surface area contributed by atoms with E-state index in [1.54, 1.807) is 6.92 Å². The molecule has 31 heavy (non-hydrogen) atoms. The highest BCUT2D eigenvalue weighted by atomic mass is 35.5. The van der Waals surface area contributed by atoms with E-state index in [-0.39, 0.29) is 11.9 Å². The summed E-state index contributed by atoms with van der Waals surface area (Å²) in [6, 6.07) is 19.3. The van der Waals surface area contributed by atoms with E-state index in [4.69, 9.17) is 16.3 Å². The van der Waals surface area contributed by atoms with Crippen LogP contribution >= 0.6 is 11.6 Å². The third kappa shape index (κ3) is 5.76. The maximum Gasteiger partial charge on any atom is 0.339 e. The fourth-order valence-corrected chi connectivity index (χ4v) is 3.72. The Kier molecular flexibility index (Phi) is 7.90. The monoisotopic (exact) mass is 438 g/mol. The number of ether oxygens (including phenoxy) is 1. The number of rotatable bonds is 9. The van der Waals surface area contributed by atoms with Crippen LogP contribution in [0.4, 0.5) is 0 Å². The number of hydrogen-bond donors (Lipinski definition) is 1. The highest BCUT2D eigenvalue weighted by molar-refractivity contribution is 6.31. The second-order valence-corrected chi connectivity index (χ2v) is 7.65. The van der Waals surface area contributed by atoms with E-state index in [0.717, 1.165) is 22.5 Å². The summed E-state index contributed by atoms with van der Waals surface area (Å²) in [6.07, 6.45) is 1.02. The molecule has 0 aliphatic carbocycles. The number of esters is 1. The molecule has 6 heteroatoms. The zero-order chi connectivity index (χ0) is 22.2. The minimum absolute atomic E-state index is 0.0309. The van der Waals surface area contributed by atoms with Crippen LogP contribution in [-0.4, -0.2) is 23.1 Å². The number of hydrogen-bond acceptors (Lipinski definition) is 3. The van der Waals surface area contributed by atoms with Crippen LogP contribution in [0.1, 0.15) is 41.4 Å². The molecule has 0 bridgehead atoms. The van der Waals surface area contributed by atoms with Crippen molar-refractivity contribution in [2.45, 2.75) is 39.8 Å². The Labute approximate surface area is 188 Å². The molecule has 0 fully saturated rings. The molecule has 162 valence electrons. The number of nitrogens with one attached hydrogen (secondary N) is 1. The van der Waals surface area contributed by atoms with Gasteiger partial charge in [0, 0.05) is 35.9 Å². The van der Waals surface area contributed by atoms with Crippen molar-refractivity contribution in [1.29, 1.82) is 0 Å². The summed E-state index contributed by atoms with van der Waals surface area (Å²) < 4.78 is 7.30. The van der Waals surface area contributed by atoms with Gasteiger partial charge in [-0.2, -0.15) is 0 Å². The minimum atomic E-state index is -0.326. The van der Waals surface area contributed by atoms with E-state index in [0.29, 0.717) is 43.1 Å². The van der Waals surface area contributed by atoms with Gasteiger partial charge in [0.15, 0.2) is 0 Å². The van der Waals surface area contributed by atoms with Crippen LogP contribution in [0, 0.1) is 6.92 Å². The lowest BCUT2D eigenvalue weighted by molar-refractivity contribution is -0.121. The summed E-state index contributed by atoms with van der Waals surface area (Å²) in [6.45, 7) is 5.06. The average Bonchev–Trinajstić information content (AvgIpc) is 3.10. The third-order valence-corrected chi connectivity index (χ3v) is 5.52. The van der Waals surface area contributed by atoms with Gasteiger partial charge in [-0.15, -0.1) is 0 Å². The quantitative estimate of drug-likeness (QED) is 0.455. The van der Waals surface area contributed by atoms with Crippen molar-refractivity contribution in [1.82, 2.24) is 9.88 Å². The molecule has 2 aromatic carbocycles. The molecule has 1 N–H and O–H groups in total. The fourth-order valence-electron chi connectivity index (χ4n) is 3.52. The molecule has 0 unspecified atom stereocenters. The third-order valence-electron chi connectivity index (χ3n) is 5.15. The number of aromatic nitrogens is 1. The molecule has 0 saturated carbocycles. The number of nitrogens with zero attached hydrogens (tertiary/aromatic N) is 1. The molecule has 5 nitrogen and oxygen atoms in total. The Morgan fingerprint density at radius 1 is 1.06 bits per heavy atom. The van der Waals surface area contributed by atoms with E-state index in [1.807, 2.05) is 67.6 Å². The number of halogens is 1. The van der Waals surface area contributed by atoms with Gasteiger partial charge in [-0.1, -0.05) is 60.1 Å². The Morgan fingerprint density at radius 2 is 1.77 bits per heavy atom. The number of carbonyl (C=O) groups excluding carboxylic acids is 2. The van der Waals surface area contributed by atoms with Crippen molar-refractivity contribution in [3.05, 3.63) is 82.5 Å². The largest absolute Gasteiger partial charge is 0.462 e. The second kappa shape index (κ2) is 10.8. The Morgan fingerprint density at radius 3 is 2.48 bits per heavy atom. The zero-order valence-electron chi connectivity index (χ0n) is 17.9. The van der Waals surface area contributed by atoms with Gasteiger partial charge in [-0.3, -0.25) is 4.79 Å². The predicted molar refractivity (Wildman–Crippen MR) is 123 cm³/mol. The maximum atomic E-state index is 12.4. The van der Waals surface area contributed by atoms with Crippen molar-refractivity contribution in [3.8, 4) is 11.3 Å². The molecule has 1 amide bonds. The van der Waals surface area contributed by atoms with Crippen LogP contribution in [0.5, 0.6) is 0 Å². The van der Waals surface area contributed by atoms with Gasteiger partial charge in [0.05, 0.1) is 12.2 Å². The topological polar surface area (TPSA) is 60.3 Å². The van der Waals surface area contributed by atoms with Gasteiger partial charge in [0.1, 0.15) is 0 Å². The summed E-state index contributed by atoms with van der Waals surface area (Å²) in [5, 5.41) is 3.56. The van der Waals surface area contributed by atoms with Crippen molar-refractivity contribution in [3.63, 3.8) is 0 Å². The fraction of sp³-hybridized carbons (Fsp3) is 0.280. The SMILES string of the molecule is CCOC(=O)c1cc(-c2ccccc2)n(CCCC(=O)NCc2ccccc2Cl)c1C. The first-order chi connectivity index (χ1) is 15.0. The van der Waals surface area contributed by atoms with Gasteiger partial charge in [0.2, 0.25) is 5.91 Å². The molecule has 0 aliphatic heterocycles. The van der Waals surface area contributed by atoms with E-state index in [1.165, 1.54) is 0 Å². The van der Waals surface area contributed by atoms with Crippen molar-refractivity contribution in [2.75, 3.05) is 6.61 Å². The second-order valence-electron chi connectivity index (χ2n) is 7.24. The highest BCUT2D eigenvalue weighted by Gasteiger charge is 2.19. The Hall–Kier alpha value is -3.05. The predicted octanol–water partition coefficient (Wildman–Crippen LogP) is 5.39. The first kappa shape index (κ1) is 22.6. The van der Waals surface area contributed by atoms with Crippen LogP contribution in [0.25, 0.3) is 11.3 Å². The van der Waals surface area contributed by atoms with Gasteiger partial charge in [0.25, 0.3) is 0 Å². The maximum absolute atomic E-state index is 12.4. The molecular formula is C25H27ClN2O3. The van der Waals surface area contributed by atoms with Gasteiger partial charge >= 0.3 is 5.97 Å². The van der Waals surface area contributed by atoms with Crippen molar-refractivity contribution in [2.24, 2.45) is 0 Å². The molecule has 0 aliphatic rings. The lowest BCUT2D eigenvalue weighted by atomic mass is 10.1.